The van der Waals surface area contributed by atoms with Gasteiger partial charge in [-0.15, -0.1) is 0 Å². The summed E-state index contributed by atoms with van der Waals surface area (Å²) in [7, 11) is 4.07. The average Bonchev–Trinajstić information content (AvgIpc) is 2.48. The standard InChI is InChI=1S/C19H31N3O3/c1-19(2,3)25-18(24)20-12-6-7-17(23)21-13-15-8-10-16(11-9-15)14-22(4)5/h8-11H,6-7,12-14H2,1-5H3,(H,20,24)(H,21,23). The zero-order valence-corrected chi connectivity index (χ0v) is 16.0. The maximum absolute atomic E-state index is 11.8. The first-order chi connectivity index (χ1) is 11.7. The molecule has 0 heterocycles. The van der Waals surface area contributed by atoms with Crippen LogP contribution in [0.25, 0.3) is 0 Å². The maximum atomic E-state index is 11.8. The van der Waals surface area contributed by atoms with E-state index < -0.39 is 11.7 Å². The van der Waals surface area contributed by atoms with Crippen LogP contribution in [-0.4, -0.2) is 43.1 Å². The molecule has 0 aliphatic rings. The maximum Gasteiger partial charge on any atom is 0.407 e. The highest BCUT2D eigenvalue weighted by Gasteiger charge is 2.15. The molecule has 6 nitrogen and oxygen atoms in total. The van der Waals surface area contributed by atoms with E-state index in [0.29, 0.717) is 25.9 Å². The summed E-state index contributed by atoms with van der Waals surface area (Å²) >= 11 is 0. The first-order valence-corrected chi connectivity index (χ1v) is 8.62. The van der Waals surface area contributed by atoms with Crippen LogP contribution in [0.3, 0.4) is 0 Å². The number of ether oxygens (including phenoxy) is 1. The first-order valence-electron chi connectivity index (χ1n) is 8.62. The Morgan fingerprint density at radius 1 is 1.04 bits per heavy atom. The quantitative estimate of drug-likeness (QED) is 0.708. The summed E-state index contributed by atoms with van der Waals surface area (Å²) in [5, 5.41) is 5.54. The van der Waals surface area contributed by atoms with Gasteiger partial charge in [-0.25, -0.2) is 4.79 Å². The van der Waals surface area contributed by atoms with Gasteiger partial charge in [0.05, 0.1) is 0 Å². The van der Waals surface area contributed by atoms with Crippen LogP contribution in [0.2, 0.25) is 0 Å². The second-order valence-corrected chi connectivity index (χ2v) is 7.36. The number of nitrogens with one attached hydrogen (secondary N) is 2. The summed E-state index contributed by atoms with van der Waals surface area (Å²) in [6.07, 6.45) is 0.493. The van der Waals surface area contributed by atoms with E-state index in [1.807, 2.05) is 47.0 Å². The molecule has 0 unspecified atom stereocenters. The highest BCUT2D eigenvalue weighted by Crippen LogP contribution is 2.07. The van der Waals surface area contributed by atoms with E-state index in [2.05, 4.69) is 27.7 Å². The van der Waals surface area contributed by atoms with Crippen LogP contribution in [0.1, 0.15) is 44.7 Å². The summed E-state index contributed by atoms with van der Waals surface area (Å²) in [6.45, 7) is 7.27. The van der Waals surface area contributed by atoms with Gasteiger partial charge in [-0.1, -0.05) is 24.3 Å². The van der Waals surface area contributed by atoms with Gasteiger partial charge >= 0.3 is 6.09 Å². The fraction of sp³-hybridized carbons (Fsp3) is 0.579. The molecule has 0 saturated heterocycles. The molecule has 140 valence electrons. The van der Waals surface area contributed by atoms with Crippen molar-refractivity contribution in [2.24, 2.45) is 0 Å². The number of benzene rings is 1. The SMILES string of the molecule is CN(C)Cc1ccc(CNC(=O)CCCNC(=O)OC(C)(C)C)cc1. The lowest BCUT2D eigenvalue weighted by atomic mass is 10.1. The number of hydrogen-bond donors (Lipinski definition) is 2. The van der Waals surface area contributed by atoms with Crippen LogP contribution < -0.4 is 10.6 Å². The molecule has 6 heteroatoms. The predicted octanol–water partition coefficient (Wildman–Crippen LogP) is 2.67. The minimum absolute atomic E-state index is 0.0247. The molecule has 0 spiro atoms. The highest BCUT2D eigenvalue weighted by molar-refractivity contribution is 5.76. The van der Waals surface area contributed by atoms with E-state index in [-0.39, 0.29) is 5.91 Å². The molecule has 0 atom stereocenters. The highest BCUT2D eigenvalue weighted by atomic mass is 16.6. The molecule has 0 fully saturated rings. The second kappa shape index (κ2) is 10.0. The van der Waals surface area contributed by atoms with Gasteiger partial charge in [0, 0.05) is 26.1 Å². The number of carbonyl (C=O) groups is 2. The molecule has 0 bridgehead atoms. The summed E-state index contributed by atoms with van der Waals surface area (Å²) in [5.41, 5.74) is 1.81. The largest absolute Gasteiger partial charge is 0.444 e. The van der Waals surface area contributed by atoms with Crippen molar-refractivity contribution in [2.75, 3.05) is 20.6 Å². The van der Waals surface area contributed by atoms with E-state index in [1.54, 1.807) is 0 Å². The third-order valence-corrected chi connectivity index (χ3v) is 3.26. The summed E-state index contributed by atoms with van der Waals surface area (Å²) in [6, 6.07) is 8.21. The van der Waals surface area contributed by atoms with Gasteiger partial charge in [-0.05, 0) is 52.4 Å². The van der Waals surface area contributed by atoms with Crippen molar-refractivity contribution < 1.29 is 14.3 Å². The van der Waals surface area contributed by atoms with E-state index in [0.717, 1.165) is 12.1 Å². The minimum Gasteiger partial charge on any atom is -0.444 e. The Labute approximate surface area is 150 Å². The van der Waals surface area contributed by atoms with Gasteiger partial charge < -0.3 is 20.3 Å². The van der Waals surface area contributed by atoms with Crippen LogP contribution >= 0.6 is 0 Å². The number of rotatable bonds is 8. The average molecular weight is 349 g/mol. The Bertz CT molecular complexity index is 548. The number of amides is 2. The number of alkyl carbamates (subject to hydrolysis) is 1. The minimum atomic E-state index is -0.510. The van der Waals surface area contributed by atoms with E-state index in [4.69, 9.17) is 4.74 Å². The zero-order chi connectivity index (χ0) is 18.9. The van der Waals surface area contributed by atoms with Crippen molar-refractivity contribution in [3.63, 3.8) is 0 Å². The van der Waals surface area contributed by atoms with Gasteiger partial charge in [0.15, 0.2) is 0 Å². The molecule has 0 aliphatic heterocycles. The van der Waals surface area contributed by atoms with Gasteiger partial charge in [0.2, 0.25) is 5.91 Å². The lowest BCUT2D eigenvalue weighted by Gasteiger charge is -2.19. The summed E-state index contributed by atoms with van der Waals surface area (Å²) < 4.78 is 5.13. The molecule has 25 heavy (non-hydrogen) atoms. The molecule has 1 aromatic rings. The van der Waals surface area contributed by atoms with Crippen LogP contribution in [-0.2, 0) is 22.6 Å². The van der Waals surface area contributed by atoms with Crippen molar-refractivity contribution in [2.45, 2.75) is 52.3 Å². The van der Waals surface area contributed by atoms with Crippen molar-refractivity contribution in [1.82, 2.24) is 15.5 Å². The molecular weight excluding hydrogens is 318 g/mol. The van der Waals surface area contributed by atoms with Crippen LogP contribution in [0.4, 0.5) is 4.79 Å². The summed E-state index contributed by atoms with van der Waals surface area (Å²) in [4.78, 5) is 25.4. The van der Waals surface area contributed by atoms with Crippen molar-refractivity contribution in [3.05, 3.63) is 35.4 Å². The Hall–Kier alpha value is -2.08. The number of hydrogen-bond acceptors (Lipinski definition) is 4. The Kier molecular flexibility index (Phi) is 8.41. The normalized spacial score (nSPS) is 11.3. The van der Waals surface area contributed by atoms with Crippen LogP contribution in [0.5, 0.6) is 0 Å². The molecular formula is C19H31N3O3. The van der Waals surface area contributed by atoms with Gasteiger partial charge in [0.25, 0.3) is 0 Å². The molecule has 1 rings (SSSR count). The van der Waals surface area contributed by atoms with Crippen LogP contribution in [0, 0.1) is 0 Å². The zero-order valence-electron chi connectivity index (χ0n) is 16.0. The van der Waals surface area contributed by atoms with Crippen molar-refractivity contribution in [1.29, 1.82) is 0 Å². The topological polar surface area (TPSA) is 70.7 Å². The molecule has 0 aliphatic carbocycles. The lowest BCUT2D eigenvalue weighted by molar-refractivity contribution is -0.121. The van der Waals surface area contributed by atoms with Crippen molar-refractivity contribution in [3.8, 4) is 0 Å². The Morgan fingerprint density at radius 2 is 1.64 bits per heavy atom. The van der Waals surface area contributed by atoms with E-state index in [1.165, 1.54) is 5.56 Å². The molecule has 2 amide bonds. The Morgan fingerprint density at radius 3 is 2.20 bits per heavy atom. The molecule has 1 aromatic carbocycles. The molecule has 0 radical (unpaired) electrons. The van der Waals surface area contributed by atoms with Crippen molar-refractivity contribution >= 4 is 12.0 Å². The fourth-order valence-electron chi connectivity index (χ4n) is 2.17. The van der Waals surface area contributed by atoms with Gasteiger partial charge in [-0.2, -0.15) is 0 Å². The van der Waals surface area contributed by atoms with E-state index in [9.17, 15) is 9.59 Å². The number of carbonyl (C=O) groups excluding carboxylic acids is 2. The first kappa shape index (κ1) is 21.0. The third kappa shape index (κ3) is 10.4. The van der Waals surface area contributed by atoms with Gasteiger partial charge in [-0.3, -0.25) is 4.79 Å². The monoisotopic (exact) mass is 349 g/mol. The lowest BCUT2D eigenvalue weighted by Crippen LogP contribution is -2.33. The van der Waals surface area contributed by atoms with E-state index >= 15 is 0 Å². The van der Waals surface area contributed by atoms with Gasteiger partial charge in [0.1, 0.15) is 5.60 Å². The third-order valence-electron chi connectivity index (χ3n) is 3.26. The van der Waals surface area contributed by atoms with Crippen LogP contribution in [0.15, 0.2) is 24.3 Å². The molecule has 0 aromatic heterocycles. The summed E-state index contributed by atoms with van der Waals surface area (Å²) in [5.74, 6) is -0.0247. The number of nitrogens with zero attached hydrogens (tertiary/aromatic N) is 1. The second-order valence-electron chi connectivity index (χ2n) is 7.36. The fourth-order valence-corrected chi connectivity index (χ4v) is 2.17. The smallest absolute Gasteiger partial charge is 0.407 e. The molecule has 2 N–H and O–H groups in total. The Balaban J connectivity index is 2.19. The molecule has 0 saturated carbocycles. The predicted molar refractivity (Wildman–Crippen MR) is 99.2 cm³/mol.